The molecule has 96 valence electrons. The molecular formula is C15H20N2O. The summed E-state index contributed by atoms with van der Waals surface area (Å²) >= 11 is 0. The number of carbonyl (C=O) groups excluding carboxylic acids is 1. The fraction of sp³-hybridized carbons (Fsp3) is 0.400. The van der Waals surface area contributed by atoms with Gasteiger partial charge in [0.2, 0.25) is 5.91 Å². The van der Waals surface area contributed by atoms with E-state index in [9.17, 15) is 4.79 Å². The van der Waals surface area contributed by atoms with E-state index in [2.05, 4.69) is 35.3 Å². The van der Waals surface area contributed by atoms with E-state index in [1.54, 1.807) is 0 Å². The van der Waals surface area contributed by atoms with Crippen LogP contribution in [0, 0.1) is 0 Å². The lowest BCUT2D eigenvalue weighted by Crippen LogP contribution is -2.53. The van der Waals surface area contributed by atoms with Gasteiger partial charge in [-0.25, -0.2) is 0 Å². The molecule has 1 saturated heterocycles. The molecule has 1 N–H and O–H groups in total. The summed E-state index contributed by atoms with van der Waals surface area (Å²) in [4.78, 5) is 13.6. The molecule has 1 aliphatic rings. The Morgan fingerprint density at radius 2 is 2.17 bits per heavy atom. The maximum Gasteiger partial charge on any atom is 0.234 e. The van der Waals surface area contributed by atoms with E-state index in [4.69, 9.17) is 0 Å². The molecule has 3 heteroatoms. The van der Waals surface area contributed by atoms with E-state index in [1.165, 1.54) is 11.1 Å². The molecule has 1 aromatic rings. The van der Waals surface area contributed by atoms with Gasteiger partial charge in [0, 0.05) is 19.1 Å². The SMILES string of the molecule is C/C(=C\c1ccccc1)CN1CC(=O)NC(C)C1. The molecule has 2 rings (SSSR count). The molecule has 0 aliphatic carbocycles. The lowest BCUT2D eigenvalue weighted by atomic mass is 10.1. The Kier molecular flexibility index (Phi) is 4.15. The first kappa shape index (κ1) is 12.8. The van der Waals surface area contributed by atoms with Gasteiger partial charge in [-0.05, 0) is 19.4 Å². The van der Waals surface area contributed by atoms with Crippen molar-refractivity contribution in [2.24, 2.45) is 0 Å². The van der Waals surface area contributed by atoms with E-state index < -0.39 is 0 Å². The van der Waals surface area contributed by atoms with E-state index in [0.29, 0.717) is 6.54 Å². The quantitative estimate of drug-likeness (QED) is 0.881. The number of hydrogen-bond donors (Lipinski definition) is 1. The van der Waals surface area contributed by atoms with Gasteiger partial charge in [0.15, 0.2) is 0 Å². The van der Waals surface area contributed by atoms with Crippen LogP contribution in [0.5, 0.6) is 0 Å². The largest absolute Gasteiger partial charge is 0.351 e. The summed E-state index contributed by atoms with van der Waals surface area (Å²) in [6.07, 6.45) is 2.18. The van der Waals surface area contributed by atoms with Crippen LogP contribution in [0.1, 0.15) is 19.4 Å². The minimum Gasteiger partial charge on any atom is -0.351 e. The molecular weight excluding hydrogens is 224 g/mol. The Labute approximate surface area is 108 Å². The second-order valence-electron chi connectivity index (χ2n) is 5.04. The number of hydrogen-bond acceptors (Lipinski definition) is 2. The smallest absolute Gasteiger partial charge is 0.234 e. The van der Waals surface area contributed by atoms with Gasteiger partial charge < -0.3 is 5.32 Å². The normalized spacial score (nSPS) is 21.8. The third-order valence-electron chi connectivity index (χ3n) is 2.99. The lowest BCUT2D eigenvalue weighted by Gasteiger charge is -2.31. The van der Waals surface area contributed by atoms with Crippen LogP contribution in [0.25, 0.3) is 6.08 Å². The Hall–Kier alpha value is -1.61. The van der Waals surface area contributed by atoms with Gasteiger partial charge in [-0.1, -0.05) is 42.0 Å². The van der Waals surface area contributed by atoms with Crippen LogP contribution in [0.4, 0.5) is 0 Å². The molecule has 18 heavy (non-hydrogen) atoms. The summed E-state index contributed by atoms with van der Waals surface area (Å²) in [7, 11) is 0. The van der Waals surface area contributed by atoms with Gasteiger partial charge in [0.25, 0.3) is 0 Å². The molecule has 1 aliphatic heterocycles. The zero-order chi connectivity index (χ0) is 13.0. The summed E-state index contributed by atoms with van der Waals surface area (Å²) in [6, 6.07) is 10.5. The number of piperazine rings is 1. The first-order valence-electron chi connectivity index (χ1n) is 6.37. The standard InChI is InChI=1S/C15H20N2O/c1-12(8-14-6-4-3-5-7-14)9-17-10-13(2)16-15(18)11-17/h3-8,13H,9-11H2,1-2H3,(H,16,18)/b12-8+. The summed E-state index contributed by atoms with van der Waals surface area (Å²) in [5, 5.41) is 2.93. The Morgan fingerprint density at radius 3 is 2.83 bits per heavy atom. The first-order valence-corrected chi connectivity index (χ1v) is 6.37. The highest BCUT2D eigenvalue weighted by Crippen LogP contribution is 2.09. The molecule has 1 aromatic carbocycles. The summed E-state index contributed by atoms with van der Waals surface area (Å²) in [6.45, 7) is 6.44. The van der Waals surface area contributed by atoms with Crippen molar-refractivity contribution in [3.05, 3.63) is 41.5 Å². The lowest BCUT2D eigenvalue weighted by molar-refractivity contribution is -0.125. The second-order valence-corrected chi connectivity index (χ2v) is 5.04. The van der Waals surface area contributed by atoms with Gasteiger partial charge in [-0.3, -0.25) is 9.69 Å². The Balaban J connectivity index is 1.96. The minimum absolute atomic E-state index is 0.126. The van der Waals surface area contributed by atoms with E-state index in [0.717, 1.165) is 13.1 Å². The minimum atomic E-state index is 0.126. The molecule has 1 atom stereocenters. The third kappa shape index (κ3) is 3.70. The van der Waals surface area contributed by atoms with Crippen molar-refractivity contribution in [3.63, 3.8) is 0 Å². The van der Waals surface area contributed by atoms with Gasteiger partial charge in [-0.15, -0.1) is 0 Å². The molecule has 0 saturated carbocycles. The van der Waals surface area contributed by atoms with Crippen molar-refractivity contribution in [1.29, 1.82) is 0 Å². The highest BCUT2D eigenvalue weighted by Gasteiger charge is 2.20. The van der Waals surface area contributed by atoms with Crippen molar-refractivity contribution in [3.8, 4) is 0 Å². The highest BCUT2D eigenvalue weighted by atomic mass is 16.2. The van der Waals surface area contributed by atoms with Crippen LogP contribution < -0.4 is 5.32 Å². The van der Waals surface area contributed by atoms with Crippen LogP contribution in [0.2, 0.25) is 0 Å². The maximum atomic E-state index is 11.5. The van der Waals surface area contributed by atoms with Crippen molar-refractivity contribution in [2.45, 2.75) is 19.9 Å². The van der Waals surface area contributed by atoms with Crippen LogP contribution in [-0.2, 0) is 4.79 Å². The summed E-state index contributed by atoms with van der Waals surface area (Å²) in [5.41, 5.74) is 2.49. The molecule has 1 amide bonds. The molecule has 3 nitrogen and oxygen atoms in total. The van der Waals surface area contributed by atoms with E-state index >= 15 is 0 Å². The average Bonchev–Trinajstić information content (AvgIpc) is 2.28. The monoisotopic (exact) mass is 244 g/mol. The number of rotatable bonds is 3. The van der Waals surface area contributed by atoms with Crippen molar-refractivity contribution in [2.75, 3.05) is 19.6 Å². The fourth-order valence-electron chi connectivity index (χ4n) is 2.37. The third-order valence-corrected chi connectivity index (χ3v) is 2.99. The molecule has 0 bridgehead atoms. The number of benzene rings is 1. The zero-order valence-electron chi connectivity index (χ0n) is 11.0. The average molecular weight is 244 g/mol. The summed E-state index contributed by atoms with van der Waals surface area (Å²) < 4.78 is 0. The Bertz CT molecular complexity index is 439. The molecule has 1 heterocycles. The summed E-state index contributed by atoms with van der Waals surface area (Å²) in [5.74, 6) is 0.126. The zero-order valence-corrected chi connectivity index (χ0v) is 11.0. The molecule has 1 fully saturated rings. The van der Waals surface area contributed by atoms with Gasteiger partial charge in [0.05, 0.1) is 6.54 Å². The number of amides is 1. The fourth-order valence-corrected chi connectivity index (χ4v) is 2.37. The predicted octanol–water partition coefficient (Wildman–Crippen LogP) is 1.91. The van der Waals surface area contributed by atoms with Gasteiger partial charge >= 0.3 is 0 Å². The van der Waals surface area contributed by atoms with E-state index in [-0.39, 0.29) is 11.9 Å². The molecule has 0 spiro atoms. The predicted molar refractivity (Wildman–Crippen MR) is 74.1 cm³/mol. The van der Waals surface area contributed by atoms with Crippen LogP contribution in [0.3, 0.4) is 0 Å². The van der Waals surface area contributed by atoms with Gasteiger partial charge in [0.1, 0.15) is 0 Å². The van der Waals surface area contributed by atoms with E-state index in [1.807, 2.05) is 25.1 Å². The second kappa shape index (κ2) is 5.83. The maximum absolute atomic E-state index is 11.5. The number of carbonyl (C=O) groups is 1. The molecule has 0 radical (unpaired) electrons. The van der Waals surface area contributed by atoms with Crippen LogP contribution in [0.15, 0.2) is 35.9 Å². The van der Waals surface area contributed by atoms with Gasteiger partial charge in [-0.2, -0.15) is 0 Å². The van der Waals surface area contributed by atoms with Crippen molar-refractivity contribution in [1.82, 2.24) is 10.2 Å². The molecule has 1 unspecified atom stereocenters. The van der Waals surface area contributed by atoms with Crippen molar-refractivity contribution >= 4 is 12.0 Å². The highest BCUT2D eigenvalue weighted by molar-refractivity contribution is 5.79. The Morgan fingerprint density at radius 1 is 1.44 bits per heavy atom. The number of nitrogens with zero attached hydrogens (tertiary/aromatic N) is 1. The van der Waals surface area contributed by atoms with Crippen LogP contribution in [-0.4, -0.2) is 36.5 Å². The topological polar surface area (TPSA) is 32.3 Å². The van der Waals surface area contributed by atoms with Crippen LogP contribution >= 0.6 is 0 Å². The van der Waals surface area contributed by atoms with Crippen molar-refractivity contribution < 1.29 is 4.79 Å². The molecule has 0 aromatic heterocycles. The number of nitrogens with one attached hydrogen (secondary N) is 1. The first-order chi connectivity index (χ1) is 8.63.